The molecular weight excluding hydrogens is 311 g/mol. The van der Waals surface area contributed by atoms with Crippen LogP contribution >= 0.6 is 0 Å². The largest absolute Gasteiger partial charge is 0.444 e. The van der Waals surface area contributed by atoms with Crippen LogP contribution in [-0.2, 0) is 9.53 Å². The van der Waals surface area contributed by atoms with E-state index >= 15 is 4.39 Å². The molecule has 0 bridgehead atoms. The predicted octanol–water partition coefficient (Wildman–Crippen LogP) is 3.03. The lowest BCUT2D eigenvalue weighted by Crippen LogP contribution is -2.55. The Balaban J connectivity index is 1.52. The summed E-state index contributed by atoms with van der Waals surface area (Å²) in [5, 5.41) is 2.98. The number of nitrogens with one attached hydrogen (secondary N) is 1. The summed E-state index contributed by atoms with van der Waals surface area (Å²) in [6, 6.07) is 0.161. The highest BCUT2D eigenvalue weighted by Gasteiger charge is 2.48. The van der Waals surface area contributed by atoms with Crippen LogP contribution in [0, 0.1) is 11.8 Å². The lowest BCUT2D eigenvalue weighted by Gasteiger charge is -2.36. The number of amides is 2. The minimum atomic E-state index is -1.86. The molecule has 3 rings (SSSR count). The number of nitrogens with zero attached hydrogens (tertiary/aromatic N) is 1. The zero-order valence-corrected chi connectivity index (χ0v) is 14.9. The van der Waals surface area contributed by atoms with Crippen molar-refractivity contribution in [1.82, 2.24) is 10.2 Å². The van der Waals surface area contributed by atoms with E-state index in [2.05, 4.69) is 5.32 Å². The lowest BCUT2D eigenvalue weighted by atomic mass is 9.91. The quantitative estimate of drug-likeness (QED) is 0.856. The Hall–Kier alpha value is -1.33. The number of alkyl halides is 1. The van der Waals surface area contributed by atoms with E-state index in [0.29, 0.717) is 11.8 Å². The SMILES string of the molecule is CC(C)(C)OC(=O)N1CCC(F)(C(=O)NC(C2CC2)C2CC2)CC1. The fraction of sp³-hybridized carbons (Fsp3) is 0.889. The second-order valence-corrected chi connectivity index (χ2v) is 8.61. The van der Waals surface area contributed by atoms with Crippen molar-refractivity contribution in [1.29, 1.82) is 0 Å². The van der Waals surface area contributed by atoms with Gasteiger partial charge in [0, 0.05) is 32.0 Å². The topological polar surface area (TPSA) is 58.6 Å². The first-order valence-electron chi connectivity index (χ1n) is 9.16. The molecular formula is C18H29FN2O3. The van der Waals surface area contributed by atoms with E-state index in [1.807, 2.05) is 0 Å². The Bertz CT molecular complexity index is 489. The van der Waals surface area contributed by atoms with E-state index in [4.69, 9.17) is 4.74 Å². The number of carbonyl (C=O) groups excluding carboxylic acids is 2. The van der Waals surface area contributed by atoms with E-state index < -0.39 is 23.3 Å². The molecule has 0 spiro atoms. The smallest absolute Gasteiger partial charge is 0.410 e. The molecule has 6 heteroatoms. The van der Waals surface area contributed by atoms with Gasteiger partial charge in [0.15, 0.2) is 5.67 Å². The summed E-state index contributed by atoms with van der Waals surface area (Å²) in [6.45, 7) is 5.85. The van der Waals surface area contributed by atoms with Crippen molar-refractivity contribution in [3.05, 3.63) is 0 Å². The molecule has 0 unspecified atom stereocenters. The van der Waals surface area contributed by atoms with Gasteiger partial charge < -0.3 is 15.0 Å². The minimum absolute atomic E-state index is 0.0418. The van der Waals surface area contributed by atoms with Crippen LogP contribution in [0.5, 0.6) is 0 Å². The number of ether oxygens (including phenoxy) is 1. The third-order valence-electron chi connectivity index (χ3n) is 5.17. The summed E-state index contributed by atoms with van der Waals surface area (Å²) in [5.74, 6) is 0.619. The van der Waals surface area contributed by atoms with Crippen molar-refractivity contribution in [2.45, 2.75) is 76.6 Å². The van der Waals surface area contributed by atoms with Crippen LogP contribution in [-0.4, -0.2) is 47.3 Å². The first-order valence-corrected chi connectivity index (χ1v) is 9.16. The van der Waals surface area contributed by atoms with Crippen molar-refractivity contribution in [2.75, 3.05) is 13.1 Å². The molecule has 1 N–H and O–H groups in total. The van der Waals surface area contributed by atoms with Gasteiger partial charge in [-0.1, -0.05) is 0 Å². The molecule has 2 saturated carbocycles. The van der Waals surface area contributed by atoms with Gasteiger partial charge >= 0.3 is 6.09 Å². The van der Waals surface area contributed by atoms with Gasteiger partial charge in [-0.2, -0.15) is 0 Å². The molecule has 0 radical (unpaired) electrons. The first-order chi connectivity index (χ1) is 11.2. The predicted molar refractivity (Wildman–Crippen MR) is 88.3 cm³/mol. The number of halogens is 1. The van der Waals surface area contributed by atoms with Gasteiger partial charge in [-0.3, -0.25) is 4.79 Å². The summed E-state index contributed by atoms with van der Waals surface area (Å²) < 4.78 is 20.4. The van der Waals surface area contributed by atoms with Crippen LogP contribution < -0.4 is 5.32 Å². The molecule has 1 heterocycles. The molecule has 3 fully saturated rings. The Labute approximate surface area is 143 Å². The summed E-state index contributed by atoms with van der Waals surface area (Å²) in [7, 11) is 0. The van der Waals surface area contributed by atoms with E-state index in [9.17, 15) is 9.59 Å². The van der Waals surface area contributed by atoms with Crippen molar-refractivity contribution in [2.24, 2.45) is 11.8 Å². The first kappa shape index (κ1) is 17.5. The zero-order valence-electron chi connectivity index (χ0n) is 14.9. The Morgan fingerprint density at radius 2 is 1.62 bits per heavy atom. The number of piperidine rings is 1. The number of hydrogen-bond acceptors (Lipinski definition) is 3. The number of hydrogen-bond donors (Lipinski definition) is 1. The van der Waals surface area contributed by atoms with Crippen LogP contribution in [0.1, 0.15) is 59.3 Å². The second kappa shape index (κ2) is 6.19. The average molecular weight is 340 g/mol. The van der Waals surface area contributed by atoms with Crippen LogP contribution in [0.25, 0.3) is 0 Å². The molecule has 136 valence electrons. The highest BCUT2D eigenvalue weighted by molar-refractivity contribution is 5.86. The van der Waals surface area contributed by atoms with Gasteiger partial charge in [-0.25, -0.2) is 9.18 Å². The molecule has 24 heavy (non-hydrogen) atoms. The van der Waals surface area contributed by atoms with Gasteiger partial charge in [-0.15, -0.1) is 0 Å². The summed E-state index contributed by atoms with van der Waals surface area (Å²) >= 11 is 0. The summed E-state index contributed by atoms with van der Waals surface area (Å²) in [4.78, 5) is 26.0. The molecule has 0 atom stereocenters. The maximum atomic E-state index is 15.1. The molecule has 1 aliphatic heterocycles. The van der Waals surface area contributed by atoms with E-state index in [1.54, 1.807) is 20.8 Å². The van der Waals surface area contributed by atoms with Crippen LogP contribution in [0.4, 0.5) is 9.18 Å². The number of likely N-dealkylation sites (tertiary alicyclic amines) is 1. The molecule has 1 saturated heterocycles. The van der Waals surface area contributed by atoms with Crippen LogP contribution in [0.15, 0.2) is 0 Å². The van der Waals surface area contributed by atoms with Crippen molar-refractivity contribution in [3.8, 4) is 0 Å². The Morgan fingerprint density at radius 1 is 1.12 bits per heavy atom. The molecule has 0 aromatic heterocycles. The van der Waals surface area contributed by atoms with Crippen LogP contribution in [0.2, 0.25) is 0 Å². The van der Waals surface area contributed by atoms with E-state index in [0.717, 1.165) is 25.7 Å². The maximum absolute atomic E-state index is 15.1. The van der Waals surface area contributed by atoms with Crippen LogP contribution in [0.3, 0.4) is 0 Å². The Kier molecular flexibility index (Phi) is 4.51. The highest BCUT2D eigenvalue weighted by Crippen LogP contribution is 2.45. The number of rotatable bonds is 4. The molecule has 2 amide bonds. The van der Waals surface area contributed by atoms with Gasteiger partial charge in [-0.05, 0) is 58.3 Å². The highest BCUT2D eigenvalue weighted by atomic mass is 19.1. The van der Waals surface area contributed by atoms with E-state index in [-0.39, 0.29) is 32.0 Å². The summed E-state index contributed by atoms with van der Waals surface area (Å²) in [5.41, 5.74) is -2.43. The van der Waals surface area contributed by atoms with Crippen molar-refractivity contribution < 1.29 is 18.7 Å². The molecule has 3 aliphatic rings. The van der Waals surface area contributed by atoms with Gasteiger partial charge in [0.2, 0.25) is 0 Å². The normalized spacial score (nSPS) is 24.0. The summed E-state index contributed by atoms with van der Waals surface area (Å²) in [6.07, 6.45) is 4.24. The minimum Gasteiger partial charge on any atom is -0.444 e. The zero-order chi connectivity index (χ0) is 17.5. The average Bonchev–Trinajstić information content (AvgIpc) is 3.36. The van der Waals surface area contributed by atoms with E-state index in [1.165, 1.54) is 4.90 Å². The van der Waals surface area contributed by atoms with Crippen molar-refractivity contribution in [3.63, 3.8) is 0 Å². The third-order valence-corrected chi connectivity index (χ3v) is 5.17. The fourth-order valence-corrected chi connectivity index (χ4v) is 3.41. The maximum Gasteiger partial charge on any atom is 0.410 e. The third kappa shape index (κ3) is 4.19. The lowest BCUT2D eigenvalue weighted by molar-refractivity contribution is -0.137. The molecule has 5 nitrogen and oxygen atoms in total. The Morgan fingerprint density at radius 3 is 2.04 bits per heavy atom. The molecule has 2 aliphatic carbocycles. The standard InChI is InChI=1S/C18H29FN2O3/c1-17(2,3)24-16(23)21-10-8-18(19,9-11-21)15(22)20-14(12-4-5-12)13-6-7-13/h12-14H,4-11H2,1-3H3,(H,20,22). The van der Waals surface area contributed by atoms with Crippen molar-refractivity contribution >= 4 is 12.0 Å². The fourth-order valence-electron chi connectivity index (χ4n) is 3.41. The molecule has 0 aromatic carbocycles. The van der Waals surface area contributed by atoms with Gasteiger partial charge in [0.05, 0.1) is 0 Å². The second-order valence-electron chi connectivity index (χ2n) is 8.61. The molecule has 0 aromatic rings. The van der Waals surface area contributed by atoms with Gasteiger partial charge in [0.1, 0.15) is 5.60 Å². The van der Waals surface area contributed by atoms with Gasteiger partial charge in [0.25, 0.3) is 5.91 Å². The number of carbonyl (C=O) groups is 2. The monoisotopic (exact) mass is 340 g/mol.